The van der Waals surface area contributed by atoms with E-state index < -0.39 is 0 Å². The summed E-state index contributed by atoms with van der Waals surface area (Å²) in [4.78, 5) is 4.81. The van der Waals surface area contributed by atoms with Crippen LogP contribution in [-0.2, 0) is 10.8 Å². The summed E-state index contributed by atoms with van der Waals surface area (Å²) < 4.78 is 25.5. The average Bonchev–Trinajstić information content (AvgIpc) is 3.10. The molecule has 0 saturated carbocycles. The number of benzene rings is 5. The predicted molar refractivity (Wildman–Crippen MR) is 205 cm³/mol. The van der Waals surface area contributed by atoms with Crippen molar-refractivity contribution in [1.82, 2.24) is 0 Å². The first-order valence-electron chi connectivity index (χ1n) is 17.8. The van der Waals surface area contributed by atoms with E-state index in [1.54, 1.807) is 0 Å². The lowest BCUT2D eigenvalue weighted by atomic mass is 9.33. The minimum Gasteiger partial charge on any atom is -0.486 e. The highest BCUT2D eigenvalue weighted by molar-refractivity contribution is 7.00. The van der Waals surface area contributed by atoms with Crippen LogP contribution in [0.25, 0.3) is 0 Å². The number of anilines is 6. The molecule has 0 atom stereocenters. The van der Waals surface area contributed by atoms with Crippen molar-refractivity contribution < 1.29 is 18.9 Å². The van der Waals surface area contributed by atoms with Crippen LogP contribution >= 0.6 is 0 Å². The maximum absolute atomic E-state index is 6.52. The zero-order valence-electron chi connectivity index (χ0n) is 30.0. The Labute approximate surface area is 295 Å². The van der Waals surface area contributed by atoms with E-state index >= 15 is 0 Å². The second-order valence-corrected chi connectivity index (χ2v) is 16.0. The van der Waals surface area contributed by atoms with Crippen LogP contribution in [0.15, 0.2) is 84.9 Å². The Balaban J connectivity index is 1.36. The molecule has 0 fully saturated rings. The third-order valence-corrected chi connectivity index (χ3v) is 10.5. The molecule has 5 aromatic carbocycles. The van der Waals surface area contributed by atoms with Gasteiger partial charge in [-0.2, -0.15) is 0 Å². The molecule has 0 aromatic heterocycles. The fourth-order valence-electron chi connectivity index (χ4n) is 8.06. The number of hydrogen-bond acceptors (Lipinski definition) is 6. The van der Waals surface area contributed by atoms with Gasteiger partial charge in [0.1, 0.15) is 26.4 Å². The van der Waals surface area contributed by atoms with Crippen LogP contribution in [-0.4, -0.2) is 33.1 Å². The fraction of sp³-hybridized carbons (Fsp3) is 0.302. The minimum atomic E-state index is -0.0764. The van der Waals surface area contributed by atoms with E-state index in [0.717, 1.165) is 57.1 Å². The normalized spacial score (nSPS) is 15.7. The first-order chi connectivity index (χ1) is 24.0. The van der Waals surface area contributed by atoms with Gasteiger partial charge in [-0.3, -0.25) is 0 Å². The Bertz CT molecular complexity index is 2010. The van der Waals surface area contributed by atoms with Gasteiger partial charge in [0.25, 0.3) is 6.71 Å². The van der Waals surface area contributed by atoms with E-state index in [9.17, 15) is 0 Å². The molecule has 0 aliphatic carbocycles. The number of rotatable bonds is 2. The highest BCUT2D eigenvalue weighted by Crippen LogP contribution is 2.52. The number of aryl methyl sites for hydroxylation is 1. The topological polar surface area (TPSA) is 43.4 Å². The highest BCUT2D eigenvalue weighted by Gasteiger charge is 2.47. The van der Waals surface area contributed by atoms with Gasteiger partial charge in [0, 0.05) is 22.7 Å². The second kappa shape index (κ2) is 11.0. The van der Waals surface area contributed by atoms with Crippen LogP contribution in [0, 0.1) is 6.92 Å². The Morgan fingerprint density at radius 2 is 0.920 bits per heavy atom. The van der Waals surface area contributed by atoms with Crippen LogP contribution in [0.5, 0.6) is 23.0 Å². The molecule has 4 aliphatic rings. The first-order valence-corrected chi connectivity index (χ1v) is 17.8. The van der Waals surface area contributed by atoms with Gasteiger partial charge in [-0.25, -0.2) is 0 Å². The third kappa shape index (κ3) is 4.69. The molecule has 0 unspecified atom stereocenters. The summed E-state index contributed by atoms with van der Waals surface area (Å²) in [5.74, 6) is 3.14. The van der Waals surface area contributed by atoms with Crippen LogP contribution in [0.2, 0.25) is 0 Å². The monoisotopic (exact) mass is 662 g/mol. The fourth-order valence-corrected chi connectivity index (χ4v) is 8.06. The summed E-state index contributed by atoms with van der Waals surface area (Å²) in [6.07, 6.45) is 0. The molecule has 0 radical (unpaired) electrons. The lowest BCUT2D eigenvalue weighted by Gasteiger charge is -2.45. The van der Waals surface area contributed by atoms with Crippen molar-refractivity contribution in [2.45, 2.75) is 59.3 Å². The lowest BCUT2D eigenvalue weighted by Crippen LogP contribution is -2.61. The largest absolute Gasteiger partial charge is 0.486 e. The second-order valence-electron chi connectivity index (χ2n) is 16.0. The summed E-state index contributed by atoms with van der Waals surface area (Å²) in [5.41, 5.74) is 14.0. The third-order valence-electron chi connectivity index (χ3n) is 10.5. The molecular weight excluding hydrogens is 619 g/mol. The van der Waals surface area contributed by atoms with E-state index in [4.69, 9.17) is 18.9 Å². The van der Waals surface area contributed by atoms with E-state index in [1.165, 1.54) is 33.1 Å². The highest BCUT2D eigenvalue weighted by atomic mass is 16.6. The Morgan fingerprint density at radius 3 is 1.32 bits per heavy atom. The standard InChI is InChI=1S/C43H43BN2O4/c1-26-24-33-37-34(25-26)46(30-14-10-28(11-15-30)43(5,6)7)39-32(17-19-36-41(39)50-23-21-48-36)44(37)31-16-18-35-40(49-22-20-47-35)38(31)45(33)29-12-8-27(9-13-29)42(2,3)4/h8-19,24-25H,20-23H2,1-7H3. The van der Waals surface area contributed by atoms with Gasteiger partial charge < -0.3 is 28.7 Å². The van der Waals surface area contributed by atoms with Crippen molar-refractivity contribution >= 4 is 57.2 Å². The van der Waals surface area contributed by atoms with Gasteiger partial charge in [0.2, 0.25) is 0 Å². The molecule has 4 heterocycles. The Morgan fingerprint density at radius 1 is 0.520 bits per heavy atom. The Kier molecular flexibility index (Phi) is 6.81. The van der Waals surface area contributed by atoms with Crippen LogP contribution < -0.4 is 45.1 Å². The molecule has 0 saturated heterocycles. The zero-order valence-corrected chi connectivity index (χ0v) is 30.0. The molecule has 0 amide bonds. The van der Waals surface area contributed by atoms with Gasteiger partial charge in [0.15, 0.2) is 23.0 Å². The molecular formula is C43H43BN2O4. The summed E-state index contributed by atoms with van der Waals surface area (Å²) >= 11 is 0. The van der Waals surface area contributed by atoms with Crippen molar-refractivity contribution in [1.29, 1.82) is 0 Å². The van der Waals surface area contributed by atoms with Gasteiger partial charge in [-0.15, -0.1) is 0 Å². The maximum Gasteiger partial charge on any atom is 0.252 e. The Hall–Kier alpha value is -5.04. The summed E-state index contributed by atoms with van der Waals surface area (Å²) in [6, 6.07) is 31.4. The van der Waals surface area contributed by atoms with E-state index in [0.29, 0.717) is 26.4 Å². The number of fused-ring (bicyclic) bond motifs is 8. The number of ether oxygens (including phenoxy) is 4. The molecule has 7 heteroatoms. The molecule has 6 nitrogen and oxygen atoms in total. The van der Waals surface area contributed by atoms with Gasteiger partial charge in [-0.1, -0.05) is 77.9 Å². The van der Waals surface area contributed by atoms with E-state index in [2.05, 4.69) is 143 Å². The summed E-state index contributed by atoms with van der Waals surface area (Å²) in [5, 5.41) is 0. The van der Waals surface area contributed by atoms with E-state index in [1.807, 2.05) is 0 Å². The van der Waals surface area contributed by atoms with Crippen molar-refractivity contribution in [3.63, 3.8) is 0 Å². The summed E-state index contributed by atoms with van der Waals surface area (Å²) in [6.45, 7) is 17.7. The van der Waals surface area contributed by atoms with Crippen molar-refractivity contribution in [3.8, 4) is 23.0 Å². The van der Waals surface area contributed by atoms with Crippen molar-refractivity contribution in [3.05, 3.63) is 102 Å². The van der Waals surface area contributed by atoms with E-state index in [-0.39, 0.29) is 17.5 Å². The molecule has 0 bridgehead atoms. The molecule has 4 aliphatic heterocycles. The first kappa shape index (κ1) is 31.0. The number of hydrogen-bond donors (Lipinski definition) is 0. The quantitative estimate of drug-likeness (QED) is 0.174. The SMILES string of the molecule is Cc1cc2c3c(c1)N(c1ccc(C(C)(C)C)cc1)c1c(ccc4c1OCCO4)B3c1ccc3c(c1N2c1ccc(C(C)(C)C)cc1)OCCO3. The van der Waals surface area contributed by atoms with Gasteiger partial charge >= 0.3 is 0 Å². The number of nitrogens with zero attached hydrogens (tertiary/aromatic N) is 2. The van der Waals surface area contributed by atoms with Crippen LogP contribution in [0.4, 0.5) is 34.1 Å². The summed E-state index contributed by atoms with van der Waals surface area (Å²) in [7, 11) is 0. The molecule has 252 valence electrons. The predicted octanol–water partition coefficient (Wildman–Crippen LogP) is 8.22. The zero-order chi connectivity index (χ0) is 34.5. The molecule has 0 spiro atoms. The molecule has 50 heavy (non-hydrogen) atoms. The van der Waals surface area contributed by atoms with Crippen LogP contribution in [0.1, 0.15) is 58.2 Å². The lowest BCUT2D eigenvalue weighted by molar-refractivity contribution is 0.172. The van der Waals surface area contributed by atoms with Crippen LogP contribution in [0.3, 0.4) is 0 Å². The van der Waals surface area contributed by atoms with Crippen molar-refractivity contribution in [2.75, 3.05) is 36.2 Å². The molecule has 5 aromatic rings. The van der Waals surface area contributed by atoms with Gasteiger partial charge in [0.05, 0.1) is 11.4 Å². The van der Waals surface area contributed by atoms with Gasteiger partial charge in [-0.05, 0) is 99.4 Å². The smallest absolute Gasteiger partial charge is 0.252 e. The molecule has 0 N–H and O–H groups in total. The van der Waals surface area contributed by atoms with Crippen molar-refractivity contribution in [2.24, 2.45) is 0 Å². The molecule has 9 rings (SSSR count). The maximum atomic E-state index is 6.52. The average molecular weight is 663 g/mol. The minimum absolute atomic E-state index is 0.0414.